The second-order valence-electron chi connectivity index (χ2n) is 3.38. The Morgan fingerprint density at radius 3 is 2.64 bits per heavy atom. The van der Waals surface area contributed by atoms with E-state index in [-0.39, 0.29) is 11.8 Å². The smallest absolute Gasteiger partial charge is 0.220 e. The molecule has 2 nitrogen and oxygen atoms in total. The molecule has 1 heterocycles. The number of amides is 1. The number of carbonyl (C=O) groups is 1. The molecule has 0 saturated carbocycles. The normalized spacial score (nSPS) is 21.0. The highest BCUT2D eigenvalue weighted by atomic mass is 35.5. The molecular formula is C10H9Cl2NO. The Kier molecular flexibility index (Phi) is 2.66. The first-order valence-corrected chi connectivity index (χ1v) is 5.14. The van der Waals surface area contributed by atoms with Crippen molar-refractivity contribution >= 4 is 29.1 Å². The highest BCUT2D eigenvalue weighted by Crippen LogP contribution is 2.29. The van der Waals surface area contributed by atoms with E-state index in [9.17, 15) is 4.79 Å². The molecule has 1 atom stereocenters. The maximum atomic E-state index is 11.0. The first-order valence-electron chi connectivity index (χ1n) is 4.38. The standard InChI is InChI=1S/C10H9Cl2NO/c11-8-2-1-6(3-9(8)12)7-4-10(14)13-5-7/h1-3,7H,4-5H2,(H,13,14)/t7-/m0/s1. The van der Waals surface area contributed by atoms with Crippen LogP contribution in [0.25, 0.3) is 0 Å². The number of hydrogen-bond donors (Lipinski definition) is 1. The quantitative estimate of drug-likeness (QED) is 0.789. The van der Waals surface area contributed by atoms with Gasteiger partial charge in [-0.2, -0.15) is 0 Å². The summed E-state index contributed by atoms with van der Waals surface area (Å²) in [6.07, 6.45) is 0.540. The van der Waals surface area contributed by atoms with Gasteiger partial charge in [0.1, 0.15) is 0 Å². The minimum Gasteiger partial charge on any atom is -0.355 e. The predicted molar refractivity (Wildman–Crippen MR) is 56.8 cm³/mol. The molecule has 1 aliphatic rings. The Morgan fingerprint density at radius 1 is 1.29 bits per heavy atom. The van der Waals surface area contributed by atoms with Gasteiger partial charge in [0.25, 0.3) is 0 Å². The minimum absolute atomic E-state index is 0.0982. The molecule has 4 heteroatoms. The lowest BCUT2D eigenvalue weighted by molar-refractivity contribution is -0.119. The van der Waals surface area contributed by atoms with E-state index < -0.39 is 0 Å². The number of hydrogen-bond acceptors (Lipinski definition) is 1. The Labute approximate surface area is 92.2 Å². The zero-order chi connectivity index (χ0) is 10.1. The molecule has 1 fully saturated rings. The molecule has 1 aliphatic heterocycles. The van der Waals surface area contributed by atoms with Crippen LogP contribution in [0.2, 0.25) is 10.0 Å². The van der Waals surface area contributed by atoms with Crippen molar-refractivity contribution in [2.75, 3.05) is 6.54 Å². The lowest BCUT2D eigenvalue weighted by atomic mass is 9.98. The zero-order valence-corrected chi connectivity index (χ0v) is 8.90. The van der Waals surface area contributed by atoms with Gasteiger partial charge in [0, 0.05) is 18.9 Å². The summed E-state index contributed by atoms with van der Waals surface area (Å²) < 4.78 is 0. The summed E-state index contributed by atoms with van der Waals surface area (Å²) in [5.41, 5.74) is 1.07. The number of halogens is 2. The molecule has 1 aromatic carbocycles. The van der Waals surface area contributed by atoms with Crippen molar-refractivity contribution in [2.45, 2.75) is 12.3 Å². The van der Waals surface area contributed by atoms with Crippen molar-refractivity contribution in [1.29, 1.82) is 0 Å². The van der Waals surface area contributed by atoms with Crippen LogP contribution in [-0.2, 0) is 4.79 Å². The fourth-order valence-electron chi connectivity index (χ4n) is 1.61. The third-order valence-electron chi connectivity index (χ3n) is 2.39. The van der Waals surface area contributed by atoms with E-state index in [4.69, 9.17) is 23.2 Å². The van der Waals surface area contributed by atoms with Crippen molar-refractivity contribution in [2.24, 2.45) is 0 Å². The van der Waals surface area contributed by atoms with Crippen LogP contribution in [0.4, 0.5) is 0 Å². The second-order valence-corrected chi connectivity index (χ2v) is 4.19. The van der Waals surface area contributed by atoms with Crippen molar-refractivity contribution in [1.82, 2.24) is 5.32 Å². The molecular weight excluding hydrogens is 221 g/mol. The Bertz CT molecular complexity index is 378. The van der Waals surface area contributed by atoms with Gasteiger partial charge < -0.3 is 5.32 Å². The molecule has 0 spiro atoms. The average Bonchev–Trinajstić information content (AvgIpc) is 2.57. The molecule has 0 bridgehead atoms. The predicted octanol–water partition coefficient (Wildman–Crippen LogP) is 2.60. The average molecular weight is 230 g/mol. The summed E-state index contributed by atoms with van der Waals surface area (Å²) in [5, 5.41) is 3.88. The summed E-state index contributed by atoms with van der Waals surface area (Å²) in [4.78, 5) is 11.0. The van der Waals surface area contributed by atoms with Gasteiger partial charge in [-0.15, -0.1) is 0 Å². The highest BCUT2D eigenvalue weighted by molar-refractivity contribution is 6.42. The van der Waals surface area contributed by atoms with Crippen LogP contribution in [-0.4, -0.2) is 12.5 Å². The third kappa shape index (κ3) is 1.86. The van der Waals surface area contributed by atoms with Gasteiger partial charge in [-0.05, 0) is 17.7 Å². The van der Waals surface area contributed by atoms with Gasteiger partial charge in [0.05, 0.1) is 10.0 Å². The molecule has 1 aromatic rings. The van der Waals surface area contributed by atoms with Crippen molar-refractivity contribution in [3.8, 4) is 0 Å². The lowest BCUT2D eigenvalue weighted by Crippen LogP contribution is -2.13. The molecule has 0 radical (unpaired) electrons. The summed E-state index contributed by atoms with van der Waals surface area (Å²) >= 11 is 11.7. The largest absolute Gasteiger partial charge is 0.355 e. The highest BCUT2D eigenvalue weighted by Gasteiger charge is 2.23. The van der Waals surface area contributed by atoms with Crippen LogP contribution in [0.5, 0.6) is 0 Å². The van der Waals surface area contributed by atoms with Crippen LogP contribution in [0.3, 0.4) is 0 Å². The fourth-order valence-corrected chi connectivity index (χ4v) is 1.91. The minimum atomic E-state index is 0.0982. The molecule has 1 amide bonds. The molecule has 2 rings (SSSR count). The molecule has 14 heavy (non-hydrogen) atoms. The molecule has 0 aliphatic carbocycles. The number of carbonyl (C=O) groups excluding carboxylic acids is 1. The summed E-state index contributed by atoms with van der Waals surface area (Å²) in [6, 6.07) is 5.51. The molecule has 0 unspecified atom stereocenters. The van der Waals surface area contributed by atoms with E-state index in [0.717, 1.165) is 5.56 Å². The van der Waals surface area contributed by atoms with E-state index >= 15 is 0 Å². The SMILES string of the molecule is O=C1C[C@H](c2ccc(Cl)c(Cl)c2)CN1. The first-order chi connectivity index (χ1) is 6.66. The van der Waals surface area contributed by atoms with E-state index in [1.165, 1.54) is 0 Å². The zero-order valence-electron chi connectivity index (χ0n) is 7.39. The van der Waals surface area contributed by atoms with Gasteiger partial charge in [-0.1, -0.05) is 29.3 Å². The van der Waals surface area contributed by atoms with Gasteiger partial charge in [0.2, 0.25) is 5.91 Å². The van der Waals surface area contributed by atoms with Crippen LogP contribution in [0.1, 0.15) is 17.9 Å². The van der Waals surface area contributed by atoms with E-state index in [1.54, 1.807) is 6.07 Å². The van der Waals surface area contributed by atoms with Crippen LogP contribution in [0.15, 0.2) is 18.2 Å². The summed E-state index contributed by atoms with van der Waals surface area (Å²) in [7, 11) is 0. The Morgan fingerprint density at radius 2 is 2.07 bits per heavy atom. The van der Waals surface area contributed by atoms with Gasteiger partial charge >= 0.3 is 0 Å². The Balaban J connectivity index is 2.24. The topological polar surface area (TPSA) is 29.1 Å². The number of nitrogens with one attached hydrogen (secondary N) is 1. The molecule has 74 valence electrons. The maximum absolute atomic E-state index is 11.0. The fraction of sp³-hybridized carbons (Fsp3) is 0.300. The van der Waals surface area contributed by atoms with Crippen LogP contribution < -0.4 is 5.32 Å². The van der Waals surface area contributed by atoms with Crippen LogP contribution in [0, 0.1) is 0 Å². The molecule has 1 N–H and O–H groups in total. The van der Waals surface area contributed by atoms with Gasteiger partial charge in [0.15, 0.2) is 0 Å². The summed E-state index contributed by atoms with van der Waals surface area (Å²) in [5.74, 6) is 0.332. The van der Waals surface area contributed by atoms with Gasteiger partial charge in [-0.3, -0.25) is 4.79 Å². The van der Waals surface area contributed by atoms with Crippen molar-refractivity contribution in [3.05, 3.63) is 33.8 Å². The summed E-state index contributed by atoms with van der Waals surface area (Å²) in [6.45, 7) is 0.691. The van der Waals surface area contributed by atoms with E-state index in [0.29, 0.717) is 23.0 Å². The third-order valence-corrected chi connectivity index (χ3v) is 3.13. The monoisotopic (exact) mass is 229 g/mol. The Hall–Kier alpha value is -0.730. The van der Waals surface area contributed by atoms with E-state index in [1.807, 2.05) is 12.1 Å². The lowest BCUT2D eigenvalue weighted by Gasteiger charge is -2.08. The van der Waals surface area contributed by atoms with E-state index in [2.05, 4.69) is 5.32 Å². The number of benzene rings is 1. The second kappa shape index (κ2) is 3.79. The van der Waals surface area contributed by atoms with Crippen molar-refractivity contribution in [3.63, 3.8) is 0 Å². The first kappa shape index (κ1) is 9.81. The number of rotatable bonds is 1. The van der Waals surface area contributed by atoms with Crippen LogP contribution >= 0.6 is 23.2 Å². The maximum Gasteiger partial charge on any atom is 0.220 e. The molecule has 0 aromatic heterocycles. The van der Waals surface area contributed by atoms with Gasteiger partial charge in [-0.25, -0.2) is 0 Å². The molecule has 1 saturated heterocycles. The van der Waals surface area contributed by atoms with Crippen molar-refractivity contribution < 1.29 is 4.79 Å².